The molecule has 2 rings (SSSR count). The van der Waals surface area contributed by atoms with E-state index in [1.165, 1.54) is 6.20 Å². The van der Waals surface area contributed by atoms with E-state index in [9.17, 15) is 9.90 Å². The Hall–Kier alpha value is -1.20. The van der Waals surface area contributed by atoms with Gasteiger partial charge in [0.15, 0.2) is 0 Å². The van der Waals surface area contributed by atoms with Gasteiger partial charge in [-0.3, -0.25) is 4.79 Å². The summed E-state index contributed by atoms with van der Waals surface area (Å²) in [6.07, 6.45) is 3.49. The number of halogens is 1. The lowest BCUT2D eigenvalue weighted by Gasteiger charge is -2.28. The topological polar surface area (TPSA) is 75.1 Å². The number of carbonyl (C=O) groups is 1. The molecule has 1 aliphatic rings. The maximum atomic E-state index is 12.4. The number of nitrogens with one attached hydrogen (secondary N) is 1. The highest BCUT2D eigenvalue weighted by Gasteiger charge is 2.42. The Bertz CT molecular complexity index is 517. The molecule has 0 saturated heterocycles. The fourth-order valence-electron chi connectivity index (χ4n) is 2.13. The van der Waals surface area contributed by atoms with Crippen molar-refractivity contribution in [2.75, 3.05) is 6.61 Å². The molecule has 6 heteroatoms. The van der Waals surface area contributed by atoms with Crippen molar-refractivity contribution in [1.29, 1.82) is 0 Å². The summed E-state index contributed by atoms with van der Waals surface area (Å²) < 4.78 is 0. The second kappa shape index (κ2) is 5.66. The van der Waals surface area contributed by atoms with Gasteiger partial charge in [0.2, 0.25) is 0 Å². The first-order valence-corrected chi connectivity index (χ1v) is 7.21. The third kappa shape index (κ3) is 3.10. The normalized spacial score (nSPS) is 17.9. The van der Waals surface area contributed by atoms with E-state index in [4.69, 9.17) is 11.6 Å². The second-order valence-electron chi connectivity index (χ2n) is 5.88. The standard InChI is InChI=1S/C14H20ClN3O2/c1-8(2)12-16-6-10(15)11(17-12)13(20)18-14(3,7-19)9-4-5-9/h6,8-9,19H,4-5,7H2,1-3H3,(H,18,20). The van der Waals surface area contributed by atoms with Crippen LogP contribution in [0, 0.1) is 5.92 Å². The van der Waals surface area contributed by atoms with E-state index in [1.54, 1.807) is 0 Å². The highest BCUT2D eigenvalue weighted by Crippen LogP contribution is 2.39. The number of aliphatic hydroxyl groups excluding tert-OH is 1. The molecule has 2 N–H and O–H groups in total. The summed E-state index contributed by atoms with van der Waals surface area (Å²) in [4.78, 5) is 20.7. The van der Waals surface area contributed by atoms with Gasteiger partial charge in [0.05, 0.1) is 23.4 Å². The van der Waals surface area contributed by atoms with Crippen molar-refractivity contribution in [1.82, 2.24) is 15.3 Å². The summed E-state index contributed by atoms with van der Waals surface area (Å²) in [5, 5.41) is 12.6. The lowest BCUT2D eigenvalue weighted by molar-refractivity contribution is 0.0819. The van der Waals surface area contributed by atoms with E-state index in [0.29, 0.717) is 11.7 Å². The molecule has 0 bridgehead atoms. The lowest BCUT2D eigenvalue weighted by Crippen LogP contribution is -2.51. The largest absolute Gasteiger partial charge is 0.394 e. The van der Waals surface area contributed by atoms with Crippen molar-refractivity contribution in [2.24, 2.45) is 5.92 Å². The maximum Gasteiger partial charge on any atom is 0.272 e. The zero-order chi connectivity index (χ0) is 14.9. The number of nitrogens with zero attached hydrogens (tertiary/aromatic N) is 2. The summed E-state index contributed by atoms with van der Waals surface area (Å²) in [5.41, 5.74) is -0.436. The van der Waals surface area contributed by atoms with Gasteiger partial charge in [-0.2, -0.15) is 0 Å². The molecule has 0 radical (unpaired) electrons. The molecule has 1 unspecified atom stereocenters. The SMILES string of the molecule is CC(C)c1ncc(Cl)c(C(=O)NC(C)(CO)C2CC2)n1. The van der Waals surface area contributed by atoms with E-state index in [-0.39, 0.29) is 29.1 Å². The Balaban J connectivity index is 2.22. The number of amides is 1. The van der Waals surface area contributed by atoms with Crippen LogP contribution < -0.4 is 5.32 Å². The van der Waals surface area contributed by atoms with Gasteiger partial charge in [-0.15, -0.1) is 0 Å². The highest BCUT2D eigenvalue weighted by molar-refractivity contribution is 6.33. The number of hydrogen-bond donors (Lipinski definition) is 2. The first kappa shape index (κ1) is 15.2. The quantitative estimate of drug-likeness (QED) is 0.873. The monoisotopic (exact) mass is 297 g/mol. The van der Waals surface area contributed by atoms with Gasteiger partial charge in [-0.25, -0.2) is 9.97 Å². The van der Waals surface area contributed by atoms with E-state index in [0.717, 1.165) is 12.8 Å². The van der Waals surface area contributed by atoms with Crippen LogP contribution in [-0.2, 0) is 0 Å². The van der Waals surface area contributed by atoms with E-state index >= 15 is 0 Å². The predicted octanol–water partition coefficient (Wildman–Crippen LogP) is 2.14. The minimum atomic E-state index is -0.608. The van der Waals surface area contributed by atoms with Crippen molar-refractivity contribution in [3.8, 4) is 0 Å². The van der Waals surface area contributed by atoms with Gasteiger partial charge in [0.1, 0.15) is 11.5 Å². The van der Waals surface area contributed by atoms with Crippen molar-refractivity contribution in [3.05, 3.63) is 22.7 Å². The number of hydrogen-bond acceptors (Lipinski definition) is 4. The second-order valence-corrected chi connectivity index (χ2v) is 6.29. The van der Waals surface area contributed by atoms with Crippen molar-refractivity contribution in [3.63, 3.8) is 0 Å². The van der Waals surface area contributed by atoms with Crippen LogP contribution in [0.5, 0.6) is 0 Å². The van der Waals surface area contributed by atoms with Crippen molar-refractivity contribution in [2.45, 2.75) is 45.1 Å². The third-order valence-corrected chi connectivity index (χ3v) is 3.98. The average Bonchev–Trinajstić information content (AvgIpc) is 3.23. The number of aliphatic hydroxyl groups is 1. The molecule has 1 atom stereocenters. The molecule has 0 aromatic carbocycles. The smallest absolute Gasteiger partial charge is 0.272 e. The summed E-state index contributed by atoms with van der Waals surface area (Å²) in [6.45, 7) is 5.66. The average molecular weight is 298 g/mol. The number of aromatic nitrogens is 2. The molecule has 1 saturated carbocycles. The Labute approximate surface area is 123 Å². The van der Waals surface area contributed by atoms with Gasteiger partial charge in [0.25, 0.3) is 5.91 Å². The van der Waals surface area contributed by atoms with Crippen LogP contribution in [0.3, 0.4) is 0 Å². The number of carbonyl (C=O) groups excluding carboxylic acids is 1. The molecule has 1 aliphatic carbocycles. The van der Waals surface area contributed by atoms with Crippen LogP contribution >= 0.6 is 11.6 Å². The van der Waals surface area contributed by atoms with E-state index < -0.39 is 5.54 Å². The van der Waals surface area contributed by atoms with Crippen LogP contribution in [-0.4, -0.2) is 33.1 Å². The summed E-state index contributed by atoms with van der Waals surface area (Å²) in [5.74, 6) is 0.660. The van der Waals surface area contributed by atoms with Gasteiger partial charge in [0, 0.05) is 5.92 Å². The van der Waals surface area contributed by atoms with Gasteiger partial charge >= 0.3 is 0 Å². The first-order valence-electron chi connectivity index (χ1n) is 6.83. The highest BCUT2D eigenvalue weighted by atomic mass is 35.5. The summed E-state index contributed by atoms with van der Waals surface area (Å²) in [7, 11) is 0. The molecular formula is C14H20ClN3O2. The summed E-state index contributed by atoms with van der Waals surface area (Å²) >= 11 is 6.01. The zero-order valence-electron chi connectivity index (χ0n) is 12.0. The Morgan fingerprint density at radius 2 is 2.25 bits per heavy atom. The van der Waals surface area contributed by atoms with Gasteiger partial charge < -0.3 is 10.4 Å². The van der Waals surface area contributed by atoms with Crippen molar-refractivity contribution >= 4 is 17.5 Å². The molecule has 1 aromatic heterocycles. The fourth-order valence-corrected chi connectivity index (χ4v) is 2.30. The van der Waals surface area contributed by atoms with Crippen LogP contribution in [0.15, 0.2) is 6.20 Å². The zero-order valence-corrected chi connectivity index (χ0v) is 12.7. The van der Waals surface area contributed by atoms with Crippen LogP contribution in [0.4, 0.5) is 0 Å². The Morgan fingerprint density at radius 1 is 1.60 bits per heavy atom. The molecule has 1 heterocycles. The molecule has 0 spiro atoms. The number of rotatable bonds is 5. The van der Waals surface area contributed by atoms with Crippen LogP contribution in [0.2, 0.25) is 5.02 Å². The van der Waals surface area contributed by atoms with Crippen LogP contribution in [0.25, 0.3) is 0 Å². The molecule has 1 aromatic rings. The van der Waals surface area contributed by atoms with Crippen LogP contribution in [0.1, 0.15) is 55.8 Å². The molecule has 5 nitrogen and oxygen atoms in total. The minimum Gasteiger partial charge on any atom is -0.394 e. The molecule has 20 heavy (non-hydrogen) atoms. The molecular weight excluding hydrogens is 278 g/mol. The molecule has 0 aliphatic heterocycles. The van der Waals surface area contributed by atoms with Gasteiger partial charge in [-0.1, -0.05) is 25.4 Å². The molecule has 1 amide bonds. The summed E-state index contributed by atoms with van der Waals surface area (Å²) in [6, 6.07) is 0. The molecule has 110 valence electrons. The molecule has 1 fully saturated rings. The lowest BCUT2D eigenvalue weighted by atomic mass is 9.97. The Kier molecular flexibility index (Phi) is 4.30. The van der Waals surface area contributed by atoms with E-state index in [2.05, 4.69) is 15.3 Å². The predicted molar refractivity (Wildman–Crippen MR) is 76.8 cm³/mol. The maximum absolute atomic E-state index is 12.4. The van der Waals surface area contributed by atoms with E-state index in [1.807, 2.05) is 20.8 Å². The third-order valence-electron chi connectivity index (χ3n) is 3.70. The Morgan fingerprint density at radius 3 is 2.75 bits per heavy atom. The first-order chi connectivity index (χ1) is 9.37. The fraction of sp³-hybridized carbons (Fsp3) is 0.643. The van der Waals surface area contributed by atoms with Gasteiger partial charge in [-0.05, 0) is 25.7 Å². The minimum absolute atomic E-state index is 0.0941. The van der Waals surface area contributed by atoms with Crippen molar-refractivity contribution < 1.29 is 9.90 Å².